The van der Waals surface area contributed by atoms with Crippen molar-refractivity contribution >= 4 is 11.9 Å². The van der Waals surface area contributed by atoms with Crippen LogP contribution in [0.1, 0.15) is 12.0 Å². The van der Waals surface area contributed by atoms with Crippen LogP contribution in [0, 0.1) is 5.41 Å². The van der Waals surface area contributed by atoms with Gasteiger partial charge < -0.3 is 24.6 Å². The number of methoxy groups -OCH3 is 2. The molecule has 0 radical (unpaired) electrons. The average molecular weight is 518 g/mol. The van der Waals surface area contributed by atoms with Gasteiger partial charge in [0.05, 0.1) is 13.7 Å². The van der Waals surface area contributed by atoms with Crippen LogP contribution in [0.25, 0.3) is 0 Å². The topological polar surface area (TPSA) is 99.5 Å². The maximum atomic E-state index is 10.6. The SMILES string of the molecule is COCCN1CCC2(C1)CN(Cc1ccc(OC)cc1)C2.O=C(O)C(F)(F)F.O=C(O)C(F)(F)F. The first-order valence-electron chi connectivity index (χ1n) is 10.3. The number of hydrogen-bond acceptors (Lipinski definition) is 6. The molecule has 2 N–H and O–H groups in total. The van der Waals surface area contributed by atoms with Crippen LogP contribution in [0.4, 0.5) is 26.3 Å². The fourth-order valence-corrected chi connectivity index (χ4v) is 3.70. The van der Waals surface area contributed by atoms with Gasteiger partial charge in [-0.1, -0.05) is 12.1 Å². The third kappa shape index (κ3) is 10.7. The highest BCUT2D eigenvalue weighted by atomic mass is 19.4. The Bertz CT molecular complexity index is 786. The number of halogens is 6. The second kappa shape index (κ2) is 12.9. The normalized spacial score (nSPS) is 17.5. The van der Waals surface area contributed by atoms with E-state index in [0.29, 0.717) is 5.41 Å². The molecule has 2 saturated heterocycles. The minimum absolute atomic E-state index is 0.556. The van der Waals surface area contributed by atoms with Crippen LogP contribution >= 0.6 is 0 Å². The summed E-state index contributed by atoms with van der Waals surface area (Å²) in [6, 6.07) is 8.44. The third-order valence-electron chi connectivity index (χ3n) is 5.30. The summed E-state index contributed by atoms with van der Waals surface area (Å²) < 4.78 is 73.9. The zero-order chi connectivity index (χ0) is 26.9. The summed E-state index contributed by atoms with van der Waals surface area (Å²) in [6.07, 6.45) is -8.82. The molecule has 0 aromatic heterocycles. The number of benzene rings is 1. The number of carbonyl (C=O) groups is 2. The zero-order valence-corrected chi connectivity index (χ0v) is 19.2. The van der Waals surface area contributed by atoms with Crippen molar-refractivity contribution in [1.82, 2.24) is 9.80 Å². The highest BCUT2D eigenvalue weighted by Crippen LogP contribution is 2.40. The van der Waals surface area contributed by atoms with Crippen molar-refractivity contribution in [3.8, 4) is 5.75 Å². The van der Waals surface area contributed by atoms with Gasteiger partial charge in [0.15, 0.2) is 0 Å². The fraction of sp³-hybridized carbons (Fsp3) is 0.619. The van der Waals surface area contributed by atoms with Crippen LogP contribution in [0.3, 0.4) is 0 Å². The van der Waals surface area contributed by atoms with Crippen molar-refractivity contribution in [2.24, 2.45) is 5.41 Å². The van der Waals surface area contributed by atoms with E-state index in [2.05, 4.69) is 21.9 Å². The molecule has 0 unspecified atom stereocenters. The van der Waals surface area contributed by atoms with Crippen molar-refractivity contribution in [3.63, 3.8) is 0 Å². The summed E-state index contributed by atoms with van der Waals surface area (Å²) >= 11 is 0. The van der Waals surface area contributed by atoms with Crippen molar-refractivity contribution in [2.45, 2.75) is 25.3 Å². The van der Waals surface area contributed by atoms with Crippen LogP contribution in [-0.2, 0) is 20.9 Å². The van der Waals surface area contributed by atoms with Gasteiger partial charge in [-0.25, -0.2) is 9.59 Å². The van der Waals surface area contributed by atoms with E-state index in [-0.39, 0.29) is 0 Å². The summed E-state index contributed by atoms with van der Waals surface area (Å²) in [5.74, 6) is -4.58. The third-order valence-corrected chi connectivity index (χ3v) is 5.30. The molecular weight excluding hydrogens is 490 g/mol. The molecule has 0 atom stereocenters. The maximum absolute atomic E-state index is 10.6. The number of rotatable bonds is 6. The molecule has 2 heterocycles. The number of aliphatic carboxylic acids is 2. The first-order chi connectivity index (χ1) is 16.1. The lowest BCUT2D eigenvalue weighted by atomic mass is 9.79. The first kappa shape index (κ1) is 30.5. The lowest BCUT2D eigenvalue weighted by Crippen LogP contribution is -2.56. The number of ether oxygens (including phenoxy) is 2. The molecule has 2 aliphatic rings. The Morgan fingerprint density at radius 3 is 1.77 bits per heavy atom. The maximum Gasteiger partial charge on any atom is 0.490 e. The second-order valence-corrected chi connectivity index (χ2v) is 8.12. The van der Waals surface area contributed by atoms with Crippen LogP contribution in [-0.4, -0.2) is 97.9 Å². The minimum atomic E-state index is -5.08. The summed E-state index contributed by atoms with van der Waals surface area (Å²) in [5.41, 5.74) is 1.93. The van der Waals surface area contributed by atoms with Gasteiger partial charge in [0.25, 0.3) is 0 Å². The molecular formula is C21H28F6N2O6. The Labute approximate surface area is 198 Å². The quantitative estimate of drug-likeness (QED) is 0.555. The number of carboxylic acid groups (broad SMARTS) is 2. The molecule has 14 heteroatoms. The molecule has 8 nitrogen and oxygen atoms in total. The summed E-state index contributed by atoms with van der Waals surface area (Å²) in [5, 5.41) is 14.2. The standard InChI is InChI=1S/C17H26N2O2.2C2HF3O2/c1-20-10-9-18-8-7-17(12-18)13-19(14-17)11-15-3-5-16(21-2)6-4-15;2*3-2(4,5)1(6)7/h3-6H,7-14H2,1-2H3;2*(H,6,7). The van der Waals surface area contributed by atoms with Gasteiger partial charge in [0.2, 0.25) is 0 Å². The molecule has 0 saturated carbocycles. The van der Waals surface area contributed by atoms with E-state index < -0.39 is 24.3 Å². The summed E-state index contributed by atoms with van der Waals surface area (Å²) in [6.45, 7) is 7.95. The Balaban J connectivity index is 0.000000362. The predicted molar refractivity (Wildman–Crippen MR) is 111 cm³/mol. The van der Waals surface area contributed by atoms with Gasteiger partial charge in [-0.2, -0.15) is 26.3 Å². The molecule has 0 amide bonds. The lowest BCUT2D eigenvalue weighted by Gasteiger charge is -2.48. The number of hydrogen-bond donors (Lipinski definition) is 2. The van der Waals surface area contributed by atoms with E-state index in [1.54, 1.807) is 14.2 Å². The predicted octanol–water partition coefficient (Wildman–Crippen LogP) is 3.12. The Hall–Kier alpha value is -2.58. The van der Waals surface area contributed by atoms with Crippen molar-refractivity contribution in [1.29, 1.82) is 0 Å². The van der Waals surface area contributed by atoms with E-state index in [1.165, 1.54) is 38.2 Å². The van der Waals surface area contributed by atoms with Crippen molar-refractivity contribution < 1.29 is 55.6 Å². The van der Waals surface area contributed by atoms with E-state index in [9.17, 15) is 26.3 Å². The van der Waals surface area contributed by atoms with E-state index in [4.69, 9.17) is 29.3 Å². The molecule has 1 spiro atoms. The van der Waals surface area contributed by atoms with Crippen LogP contribution in [0.2, 0.25) is 0 Å². The Morgan fingerprint density at radius 2 is 1.37 bits per heavy atom. The fourth-order valence-electron chi connectivity index (χ4n) is 3.70. The molecule has 1 aromatic carbocycles. The molecule has 200 valence electrons. The van der Waals surface area contributed by atoms with Gasteiger partial charge in [-0.15, -0.1) is 0 Å². The van der Waals surface area contributed by atoms with E-state index in [0.717, 1.165) is 25.4 Å². The van der Waals surface area contributed by atoms with Crippen LogP contribution < -0.4 is 4.74 Å². The summed E-state index contributed by atoms with van der Waals surface area (Å²) in [7, 11) is 3.50. The van der Waals surface area contributed by atoms with Crippen LogP contribution in [0.15, 0.2) is 24.3 Å². The first-order valence-corrected chi connectivity index (χ1v) is 10.3. The van der Waals surface area contributed by atoms with Gasteiger partial charge in [-0.3, -0.25) is 4.90 Å². The van der Waals surface area contributed by atoms with Crippen molar-refractivity contribution in [3.05, 3.63) is 29.8 Å². The van der Waals surface area contributed by atoms with Gasteiger partial charge in [0.1, 0.15) is 5.75 Å². The van der Waals surface area contributed by atoms with E-state index >= 15 is 0 Å². The number of likely N-dealkylation sites (tertiary alicyclic amines) is 2. The zero-order valence-electron chi connectivity index (χ0n) is 19.2. The molecule has 2 fully saturated rings. The average Bonchev–Trinajstić information content (AvgIpc) is 3.16. The van der Waals surface area contributed by atoms with Crippen LogP contribution in [0.5, 0.6) is 5.75 Å². The largest absolute Gasteiger partial charge is 0.497 e. The number of nitrogens with zero attached hydrogens (tertiary/aromatic N) is 2. The minimum Gasteiger partial charge on any atom is -0.497 e. The smallest absolute Gasteiger partial charge is 0.490 e. The highest BCUT2D eigenvalue weighted by Gasteiger charge is 2.47. The Kier molecular flexibility index (Phi) is 11.2. The monoisotopic (exact) mass is 518 g/mol. The van der Waals surface area contributed by atoms with Crippen molar-refractivity contribution in [2.75, 3.05) is 53.6 Å². The number of alkyl halides is 6. The van der Waals surface area contributed by atoms with Gasteiger partial charge >= 0.3 is 24.3 Å². The lowest BCUT2D eigenvalue weighted by molar-refractivity contribution is -0.193. The molecule has 1 aromatic rings. The molecule has 3 rings (SSSR count). The highest BCUT2D eigenvalue weighted by molar-refractivity contribution is 5.73. The Morgan fingerprint density at radius 1 is 0.914 bits per heavy atom. The molecule has 0 aliphatic carbocycles. The van der Waals surface area contributed by atoms with Gasteiger partial charge in [0, 0.05) is 45.2 Å². The second-order valence-electron chi connectivity index (χ2n) is 8.12. The molecule has 2 aliphatic heterocycles. The summed E-state index contributed by atoms with van der Waals surface area (Å²) in [4.78, 5) is 22.9. The molecule has 0 bridgehead atoms. The number of carboxylic acids is 2. The van der Waals surface area contributed by atoms with E-state index in [1.807, 2.05) is 12.1 Å². The van der Waals surface area contributed by atoms with Gasteiger partial charge in [-0.05, 0) is 30.7 Å². The molecule has 35 heavy (non-hydrogen) atoms.